The van der Waals surface area contributed by atoms with Crippen LogP contribution in [0, 0.1) is 0 Å². The zero-order chi connectivity index (χ0) is 18.4. The first-order valence-corrected chi connectivity index (χ1v) is 7.07. The van der Waals surface area contributed by atoms with E-state index in [-0.39, 0.29) is 22.6 Å². The standard InChI is InChI=1S/C17H14N2O6/c18-16(22)10-5-1-3-7-12(10)24-14(20)9-15(21)25-13-8-4-2-6-11(13)17(19)23/h1-8H,9H2,(H2,18,22)(H2,19,23). The van der Waals surface area contributed by atoms with Gasteiger partial charge in [-0.3, -0.25) is 19.2 Å². The predicted octanol–water partition coefficient (Wildman–Crippen LogP) is 0.786. The van der Waals surface area contributed by atoms with E-state index in [4.69, 9.17) is 20.9 Å². The summed E-state index contributed by atoms with van der Waals surface area (Å²) in [4.78, 5) is 46.2. The molecule has 128 valence electrons. The first kappa shape index (κ1) is 17.7. The molecule has 0 unspecified atom stereocenters. The van der Waals surface area contributed by atoms with Gasteiger partial charge in [0.1, 0.15) is 17.9 Å². The number of esters is 2. The molecule has 0 heterocycles. The summed E-state index contributed by atoms with van der Waals surface area (Å²) in [5.74, 6) is -3.58. The molecule has 0 radical (unpaired) electrons. The van der Waals surface area contributed by atoms with Gasteiger partial charge < -0.3 is 20.9 Å². The third kappa shape index (κ3) is 4.64. The van der Waals surface area contributed by atoms with Crippen LogP contribution in [0.5, 0.6) is 11.5 Å². The van der Waals surface area contributed by atoms with Crippen molar-refractivity contribution in [1.82, 2.24) is 0 Å². The van der Waals surface area contributed by atoms with E-state index in [0.29, 0.717) is 0 Å². The molecule has 2 amide bonds. The molecule has 2 aromatic carbocycles. The number of amides is 2. The molecule has 8 heteroatoms. The van der Waals surface area contributed by atoms with E-state index >= 15 is 0 Å². The van der Waals surface area contributed by atoms with E-state index in [9.17, 15) is 19.2 Å². The summed E-state index contributed by atoms with van der Waals surface area (Å²) in [6, 6.07) is 11.7. The average Bonchev–Trinajstić information content (AvgIpc) is 2.55. The summed E-state index contributed by atoms with van der Waals surface area (Å²) in [5, 5.41) is 0. The maximum atomic E-state index is 11.8. The maximum Gasteiger partial charge on any atom is 0.322 e. The number of para-hydroxylation sites is 2. The first-order valence-electron chi connectivity index (χ1n) is 7.07. The summed E-state index contributed by atoms with van der Waals surface area (Å²) < 4.78 is 9.92. The molecular formula is C17H14N2O6. The SMILES string of the molecule is NC(=O)c1ccccc1OC(=O)CC(=O)Oc1ccccc1C(N)=O. The Labute approximate surface area is 142 Å². The minimum Gasteiger partial charge on any atom is -0.425 e. The van der Waals surface area contributed by atoms with Gasteiger partial charge in [-0.1, -0.05) is 24.3 Å². The van der Waals surface area contributed by atoms with Crippen LogP contribution in [0.4, 0.5) is 0 Å². The first-order chi connectivity index (χ1) is 11.9. The normalized spacial score (nSPS) is 9.92. The van der Waals surface area contributed by atoms with Crippen molar-refractivity contribution < 1.29 is 28.7 Å². The van der Waals surface area contributed by atoms with Crippen molar-refractivity contribution in [2.24, 2.45) is 11.5 Å². The van der Waals surface area contributed by atoms with Crippen LogP contribution >= 0.6 is 0 Å². The molecule has 0 spiro atoms. The smallest absolute Gasteiger partial charge is 0.322 e. The van der Waals surface area contributed by atoms with Crippen molar-refractivity contribution in [2.45, 2.75) is 6.42 Å². The molecule has 25 heavy (non-hydrogen) atoms. The lowest BCUT2D eigenvalue weighted by Crippen LogP contribution is -2.21. The molecule has 8 nitrogen and oxygen atoms in total. The number of ether oxygens (including phenoxy) is 2. The van der Waals surface area contributed by atoms with E-state index in [0.717, 1.165) is 0 Å². The van der Waals surface area contributed by atoms with Gasteiger partial charge in [0.05, 0.1) is 11.1 Å². The number of benzene rings is 2. The second kappa shape index (κ2) is 7.73. The highest BCUT2D eigenvalue weighted by Crippen LogP contribution is 2.19. The molecular weight excluding hydrogens is 328 g/mol. The van der Waals surface area contributed by atoms with Gasteiger partial charge in [0.25, 0.3) is 11.8 Å². The van der Waals surface area contributed by atoms with Crippen LogP contribution in [-0.2, 0) is 9.59 Å². The molecule has 0 aliphatic rings. The molecule has 0 aromatic heterocycles. The monoisotopic (exact) mass is 342 g/mol. The van der Waals surface area contributed by atoms with Crippen LogP contribution in [0.1, 0.15) is 27.1 Å². The van der Waals surface area contributed by atoms with Crippen molar-refractivity contribution >= 4 is 23.8 Å². The second-order valence-electron chi connectivity index (χ2n) is 4.85. The minimum absolute atomic E-state index is 0.00305. The zero-order valence-corrected chi connectivity index (χ0v) is 12.9. The molecule has 0 aliphatic carbocycles. The van der Waals surface area contributed by atoms with Crippen LogP contribution in [0.15, 0.2) is 48.5 Å². The zero-order valence-electron chi connectivity index (χ0n) is 12.9. The molecule has 0 fully saturated rings. The number of carbonyl (C=O) groups excluding carboxylic acids is 4. The summed E-state index contributed by atoms with van der Waals surface area (Å²) in [7, 11) is 0. The summed E-state index contributed by atoms with van der Waals surface area (Å²) in [5.41, 5.74) is 10.4. The van der Waals surface area contributed by atoms with Gasteiger partial charge in [0.15, 0.2) is 0 Å². The van der Waals surface area contributed by atoms with Gasteiger partial charge in [-0.05, 0) is 24.3 Å². The Balaban J connectivity index is 2.03. The largest absolute Gasteiger partial charge is 0.425 e. The van der Waals surface area contributed by atoms with Crippen molar-refractivity contribution in [3.8, 4) is 11.5 Å². The van der Waals surface area contributed by atoms with E-state index in [1.54, 1.807) is 12.1 Å². The minimum atomic E-state index is -0.949. The Bertz CT molecular complexity index is 777. The number of carbonyl (C=O) groups is 4. The highest BCUT2D eigenvalue weighted by atomic mass is 16.6. The van der Waals surface area contributed by atoms with Crippen molar-refractivity contribution in [3.05, 3.63) is 59.7 Å². The van der Waals surface area contributed by atoms with E-state index in [1.165, 1.54) is 36.4 Å². The summed E-state index contributed by atoms with van der Waals surface area (Å²) >= 11 is 0. The lowest BCUT2D eigenvalue weighted by atomic mass is 10.2. The Morgan fingerprint density at radius 1 is 0.680 bits per heavy atom. The average molecular weight is 342 g/mol. The predicted molar refractivity (Wildman–Crippen MR) is 85.8 cm³/mol. The van der Waals surface area contributed by atoms with Gasteiger partial charge in [-0.15, -0.1) is 0 Å². The topological polar surface area (TPSA) is 139 Å². The molecule has 2 rings (SSSR count). The number of rotatable bonds is 6. The van der Waals surface area contributed by atoms with Crippen LogP contribution in [0.3, 0.4) is 0 Å². The van der Waals surface area contributed by atoms with Crippen LogP contribution in [0.2, 0.25) is 0 Å². The molecule has 4 N–H and O–H groups in total. The second-order valence-corrected chi connectivity index (χ2v) is 4.85. The fourth-order valence-corrected chi connectivity index (χ4v) is 1.95. The van der Waals surface area contributed by atoms with Crippen molar-refractivity contribution in [3.63, 3.8) is 0 Å². The Morgan fingerprint density at radius 3 is 1.40 bits per heavy atom. The Hall–Kier alpha value is -3.68. The van der Waals surface area contributed by atoms with Gasteiger partial charge in [-0.2, -0.15) is 0 Å². The number of hydrogen-bond donors (Lipinski definition) is 2. The van der Waals surface area contributed by atoms with Crippen LogP contribution in [-0.4, -0.2) is 23.8 Å². The van der Waals surface area contributed by atoms with Gasteiger partial charge >= 0.3 is 11.9 Å². The molecule has 2 aromatic rings. The van der Waals surface area contributed by atoms with Crippen molar-refractivity contribution in [2.75, 3.05) is 0 Å². The maximum absolute atomic E-state index is 11.8. The highest BCUT2D eigenvalue weighted by molar-refractivity contribution is 5.99. The lowest BCUT2D eigenvalue weighted by Gasteiger charge is -2.09. The van der Waals surface area contributed by atoms with E-state index in [2.05, 4.69) is 0 Å². The van der Waals surface area contributed by atoms with Crippen LogP contribution < -0.4 is 20.9 Å². The fourth-order valence-electron chi connectivity index (χ4n) is 1.95. The molecule has 0 aliphatic heterocycles. The fraction of sp³-hybridized carbons (Fsp3) is 0.0588. The molecule has 0 bridgehead atoms. The highest BCUT2D eigenvalue weighted by Gasteiger charge is 2.19. The van der Waals surface area contributed by atoms with Crippen molar-refractivity contribution in [1.29, 1.82) is 0 Å². The van der Waals surface area contributed by atoms with E-state index < -0.39 is 30.2 Å². The number of hydrogen-bond acceptors (Lipinski definition) is 6. The summed E-state index contributed by atoms with van der Waals surface area (Å²) in [6.45, 7) is 0. The Morgan fingerprint density at radius 2 is 1.04 bits per heavy atom. The summed E-state index contributed by atoms with van der Waals surface area (Å²) in [6.07, 6.45) is -0.736. The lowest BCUT2D eigenvalue weighted by molar-refractivity contribution is -0.144. The van der Waals surface area contributed by atoms with Gasteiger partial charge in [-0.25, -0.2) is 0 Å². The molecule has 0 saturated carbocycles. The van der Waals surface area contributed by atoms with E-state index in [1.807, 2.05) is 0 Å². The van der Waals surface area contributed by atoms with Gasteiger partial charge in [0, 0.05) is 0 Å². The molecule has 0 saturated heterocycles. The van der Waals surface area contributed by atoms with Gasteiger partial charge in [0.2, 0.25) is 0 Å². The van der Waals surface area contributed by atoms with Crippen LogP contribution in [0.25, 0.3) is 0 Å². The number of primary amides is 2. The third-order valence-electron chi connectivity index (χ3n) is 3.04. The quantitative estimate of drug-likeness (QED) is 0.452. The molecule has 0 atom stereocenters. The Kier molecular flexibility index (Phi) is 5.47. The number of nitrogens with two attached hydrogens (primary N) is 2. The third-order valence-corrected chi connectivity index (χ3v) is 3.04.